The minimum Gasteiger partial charge on any atom is -0.396 e. The number of aryl methyl sites for hydroxylation is 1. The summed E-state index contributed by atoms with van der Waals surface area (Å²) in [6, 6.07) is 9.93. The second-order valence-corrected chi connectivity index (χ2v) is 4.58. The number of amides is 1. The molecule has 0 unspecified atom stereocenters. The number of rotatable bonds is 5. The van der Waals surface area contributed by atoms with Gasteiger partial charge in [-0.1, -0.05) is 24.3 Å². The molecule has 0 aliphatic heterocycles. The van der Waals surface area contributed by atoms with Crippen LogP contribution in [0.15, 0.2) is 36.4 Å². The Labute approximate surface area is 118 Å². The van der Waals surface area contributed by atoms with E-state index in [9.17, 15) is 4.79 Å². The first-order valence-corrected chi connectivity index (χ1v) is 6.64. The quantitative estimate of drug-likeness (QED) is 0.645. The Hall–Kier alpha value is -2.20. The van der Waals surface area contributed by atoms with Crippen LogP contribution >= 0.6 is 0 Å². The summed E-state index contributed by atoms with van der Waals surface area (Å²) in [7, 11) is 0. The second-order valence-electron chi connectivity index (χ2n) is 4.58. The van der Waals surface area contributed by atoms with Crippen molar-refractivity contribution in [1.82, 2.24) is 10.3 Å². The zero-order chi connectivity index (χ0) is 14.4. The van der Waals surface area contributed by atoms with Crippen molar-refractivity contribution < 1.29 is 9.90 Å². The number of aliphatic hydroxyl groups excluding tert-OH is 1. The number of hydrogen-bond acceptors (Lipinski definition) is 3. The van der Waals surface area contributed by atoms with E-state index in [0.717, 1.165) is 22.2 Å². The third kappa shape index (κ3) is 3.65. The minimum absolute atomic E-state index is 0.0789. The smallest absolute Gasteiger partial charge is 0.244 e. The highest BCUT2D eigenvalue weighted by atomic mass is 16.3. The first-order chi connectivity index (χ1) is 9.70. The molecule has 0 saturated heterocycles. The summed E-state index contributed by atoms with van der Waals surface area (Å²) in [4.78, 5) is 16.1. The lowest BCUT2D eigenvalue weighted by molar-refractivity contribution is -0.116. The van der Waals surface area contributed by atoms with Crippen molar-refractivity contribution in [3.63, 3.8) is 0 Å². The Kier molecular flexibility index (Phi) is 4.85. The summed E-state index contributed by atoms with van der Waals surface area (Å²) in [5.74, 6) is -0.176. The molecule has 0 atom stereocenters. The van der Waals surface area contributed by atoms with Crippen molar-refractivity contribution in [2.24, 2.45) is 0 Å². The van der Waals surface area contributed by atoms with Crippen molar-refractivity contribution in [1.29, 1.82) is 0 Å². The van der Waals surface area contributed by atoms with E-state index in [2.05, 4.69) is 10.3 Å². The van der Waals surface area contributed by atoms with Crippen LogP contribution in [-0.2, 0) is 4.79 Å². The topological polar surface area (TPSA) is 62.2 Å². The Morgan fingerprint density at radius 1 is 1.35 bits per heavy atom. The van der Waals surface area contributed by atoms with Crippen LogP contribution in [0.2, 0.25) is 0 Å². The van der Waals surface area contributed by atoms with Gasteiger partial charge in [-0.25, -0.2) is 4.98 Å². The van der Waals surface area contributed by atoms with Gasteiger partial charge in [-0.05, 0) is 31.1 Å². The normalized spacial score (nSPS) is 11.1. The molecule has 1 aromatic heterocycles. The van der Waals surface area contributed by atoms with Gasteiger partial charge in [0, 0.05) is 24.6 Å². The van der Waals surface area contributed by atoms with E-state index in [-0.39, 0.29) is 12.5 Å². The first-order valence-electron chi connectivity index (χ1n) is 6.64. The molecule has 104 valence electrons. The average Bonchev–Trinajstić information content (AvgIpc) is 2.46. The lowest BCUT2D eigenvalue weighted by atomic mass is 10.1. The van der Waals surface area contributed by atoms with Crippen molar-refractivity contribution in [2.45, 2.75) is 13.3 Å². The second kappa shape index (κ2) is 6.82. The largest absolute Gasteiger partial charge is 0.396 e. The molecule has 0 bridgehead atoms. The third-order valence-electron chi connectivity index (χ3n) is 2.98. The van der Waals surface area contributed by atoms with Gasteiger partial charge in [0.2, 0.25) is 5.91 Å². The fourth-order valence-electron chi connectivity index (χ4n) is 1.91. The lowest BCUT2D eigenvalue weighted by Gasteiger charge is -2.02. The molecule has 20 heavy (non-hydrogen) atoms. The molecule has 1 aromatic carbocycles. The number of fused-ring (bicyclic) bond motifs is 1. The van der Waals surface area contributed by atoms with Crippen molar-refractivity contribution in [2.75, 3.05) is 13.2 Å². The van der Waals surface area contributed by atoms with E-state index in [1.54, 1.807) is 6.08 Å². The monoisotopic (exact) mass is 270 g/mol. The third-order valence-corrected chi connectivity index (χ3v) is 2.98. The predicted octanol–water partition coefficient (Wildman–Crippen LogP) is 2.06. The van der Waals surface area contributed by atoms with Crippen LogP contribution < -0.4 is 5.32 Å². The standard InChI is InChI=1S/C16H18N2O2/c1-12-4-2-5-13-6-7-14(18-16(12)13)8-9-15(20)17-10-3-11-19/h2,4-9,19H,3,10-11H2,1H3,(H,17,20)/b9-8+. The molecule has 0 saturated carbocycles. The summed E-state index contributed by atoms with van der Waals surface area (Å²) >= 11 is 0. The van der Waals surface area contributed by atoms with E-state index in [4.69, 9.17) is 5.11 Å². The van der Waals surface area contributed by atoms with Gasteiger partial charge in [0.1, 0.15) is 0 Å². The number of para-hydroxylation sites is 1. The molecule has 0 spiro atoms. The maximum absolute atomic E-state index is 11.5. The molecule has 0 fully saturated rings. The zero-order valence-corrected chi connectivity index (χ0v) is 11.5. The van der Waals surface area contributed by atoms with Crippen molar-refractivity contribution >= 4 is 22.9 Å². The predicted molar refractivity (Wildman–Crippen MR) is 80.2 cm³/mol. The van der Waals surface area contributed by atoms with Gasteiger partial charge < -0.3 is 10.4 Å². The summed E-state index contributed by atoms with van der Waals surface area (Å²) in [6.45, 7) is 2.57. The highest BCUT2D eigenvalue weighted by Gasteiger charge is 1.99. The highest BCUT2D eigenvalue weighted by Crippen LogP contribution is 2.16. The number of nitrogens with one attached hydrogen (secondary N) is 1. The molecule has 4 nitrogen and oxygen atoms in total. The molecule has 2 N–H and O–H groups in total. The van der Waals surface area contributed by atoms with Crippen LogP contribution in [0, 0.1) is 6.92 Å². The number of hydrogen-bond donors (Lipinski definition) is 2. The number of carbonyl (C=O) groups excluding carboxylic acids is 1. The van der Waals surface area contributed by atoms with Gasteiger partial charge in [-0.3, -0.25) is 4.79 Å². The Balaban J connectivity index is 2.10. The van der Waals surface area contributed by atoms with E-state index >= 15 is 0 Å². The molecular weight excluding hydrogens is 252 g/mol. The van der Waals surface area contributed by atoms with E-state index in [1.165, 1.54) is 6.08 Å². The van der Waals surface area contributed by atoms with Gasteiger partial charge >= 0.3 is 0 Å². The number of nitrogens with zero attached hydrogens (tertiary/aromatic N) is 1. The fraction of sp³-hybridized carbons (Fsp3) is 0.250. The Morgan fingerprint density at radius 2 is 2.20 bits per heavy atom. The summed E-state index contributed by atoms with van der Waals surface area (Å²) < 4.78 is 0. The van der Waals surface area contributed by atoms with Crippen LogP contribution in [0.1, 0.15) is 17.7 Å². The van der Waals surface area contributed by atoms with Crippen molar-refractivity contribution in [3.05, 3.63) is 47.7 Å². The maximum Gasteiger partial charge on any atom is 0.244 e. The van der Waals surface area contributed by atoms with E-state index in [1.807, 2.05) is 37.3 Å². The van der Waals surface area contributed by atoms with Gasteiger partial charge in [-0.15, -0.1) is 0 Å². The number of carbonyl (C=O) groups is 1. The van der Waals surface area contributed by atoms with Crippen molar-refractivity contribution in [3.8, 4) is 0 Å². The molecule has 0 radical (unpaired) electrons. The molecule has 2 rings (SSSR count). The number of aliphatic hydroxyl groups is 1. The lowest BCUT2D eigenvalue weighted by Crippen LogP contribution is -2.22. The molecule has 0 aliphatic carbocycles. The van der Waals surface area contributed by atoms with E-state index < -0.39 is 0 Å². The molecule has 1 heterocycles. The number of aromatic nitrogens is 1. The zero-order valence-electron chi connectivity index (χ0n) is 11.5. The van der Waals surface area contributed by atoms with Crippen LogP contribution in [0.25, 0.3) is 17.0 Å². The molecule has 2 aromatic rings. The number of benzene rings is 1. The summed E-state index contributed by atoms with van der Waals surface area (Å²) in [5.41, 5.74) is 2.82. The van der Waals surface area contributed by atoms with Gasteiger partial charge in [-0.2, -0.15) is 0 Å². The summed E-state index contributed by atoms with van der Waals surface area (Å²) in [6.07, 6.45) is 3.72. The average molecular weight is 270 g/mol. The van der Waals surface area contributed by atoms with Gasteiger partial charge in [0.05, 0.1) is 11.2 Å². The van der Waals surface area contributed by atoms with Crippen LogP contribution in [0.4, 0.5) is 0 Å². The van der Waals surface area contributed by atoms with Crippen LogP contribution in [0.5, 0.6) is 0 Å². The fourth-order valence-corrected chi connectivity index (χ4v) is 1.91. The molecule has 1 amide bonds. The maximum atomic E-state index is 11.5. The summed E-state index contributed by atoms with van der Waals surface area (Å²) in [5, 5.41) is 12.4. The number of pyridine rings is 1. The Morgan fingerprint density at radius 3 is 3.00 bits per heavy atom. The minimum atomic E-state index is -0.176. The highest BCUT2D eigenvalue weighted by molar-refractivity contribution is 5.92. The van der Waals surface area contributed by atoms with Crippen LogP contribution in [-0.4, -0.2) is 29.1 Å². The van der Waals surface area contributed by atoms with Crippen LogP contribution in [0.3, 0.4) is 0 Å². The SMILES string of the molecule is Cc1cccc2ccc(/C=C/C(=O)NCCCO)nc12. The van der Waals surface area contributed by atoms with Gasteiger partial charge in [0.15, 0.2) is 0 Å². The Bertz CT molecular complexity index is 635. The molecule has 4 heteroatoms. The van der Waals surface area contributed by atoms with Gasteiger partial charge in [0.25, 0.3) is 0 Å². The van der Waals surface area contributed by atoms with E-state index in [0.29, 0.717) is 13.0 Å². The first kappa shape index (κ1) is 14.2. The molecule has 0 aliphatic rings. The molecular formula is C16H18N2O2.